The molecular weight excluding hydrogens is 365 g/mol. The fourth-order valence-electron chi connectivity index (χ4n) is 4.44. The van der Waals surface area contributed by atoms with E-state index in [9.17, 15) is 19.1 Å². The van der Waals surface area contributed by atoms with Crippen LogP contribution in [-0.2, 0) is 16.0 Å². The summed E-state index contributed by atoms with van der Waals surface area (Å²) in [5.41, 5.74) is 0.363. The zero-order valence-electron chi connectivity index (χ0n) is 15.8. The second-order valence-electron chi connectivity index (χ2n) is 7.91. The molecule has 0 aliphatic carbocycles. The van der Waals surface area contributed by atoms with Crippen LogP contribution >= 0.6 is 0 Å². The first-order chi connectivity index (χ1) is 13.5. The number of hydrogen-bond acceptors (Lipinski definition) is 4. The topological polar surface area (TPSA) is 82.1 Å². The molecule has 3 saturated heterocycles. The van der Waals surface area contributed by atoms with Gasteiger partial charge in [-0.25, -0.2) is 9.18 Å². The molecule has 7 nitrogen and oxygen atoms in total. The quantitative estimate of drug-likeness (QED) is 0.801. The van der Waals surface area contributed by atoms with Crippen LogP contribution in [0.3, 0.4) is 0 Å². The summed E-state index contributed by atoms with van der Waals surface area (Å²) in [6, 6.07) is 4.23. The molecule has 4 rings (SSSR count). The number of ether oxygens (including phenoxy) is 1. The fourth-order valence-corrected chi connectivity index (χ4v) is 4.44. The van der Waals surface area contributed by atoms with Crippen molar-refractivity contribution in [2.75, 3.05) is 32.8 Å². The van der Waals surface area contributed by atoms with Gasteiger partial charge in [-0.1, -0.05) is 6.07 Å². The van der Waals surface area contributed by atoms with Gasteiger partial charge in [0, 0.05) is 31.7 Å². The molecular formula is C20H26FN3O4. The van der Waals surface area contributed by atoms with Crippen LogP contribution in [0.4, 0.5) is 9.18 Å². The number of likely N-dealkylation sites (tertiary alicyclic amines) is 2. The van der Waals surface area contributed by atoms with Crippen LogP contribution in [0.15, 0.2) is 18.2 Å². The third kappa shape index (κ3) is 3.92. The minimum Gasteiger partial charge on any atom is -0.508 e. The molecule has 3 amide bonds. The van der Waals surface area contributed by atoms with Gasteiger partial charge in [-0.2, -0.15) is 0 Å². The molecule has 2 atom stereocenters. The molecule has 2 N–H and O–H groups in total. The maximum absolute atomic E-state index is 13.9. The van der Waals surface area contributed by atoms with Crippen LogP contribution in [0.5, 0.6) is 5.75 Å². The number of nitrogens with one attached hydrogen (secondary N) is 1. The number of rotatable bonds is 2. The van der Waals surface area contributed by atoms with Gasteiger partial charge >= 0.3 is 6.03 Å². The van der Waals surface area contributed by atoms with Crippen molar-refractivity contribution >= 4 is 11.9 Å². The van der Waals surface area contributed by atoms with Crippen molar-refractivity contribution in [3.63, 3.8) is 0 Å². The molecule has 0 radical (unpaired) electrons. The van der Waals surface area contributed by atoms with Crippen molar-refractivity contribution in [3.05, 3.63) is 29.6 Å². The van der Waals surface area contributed by atoms with E-state index in [1.165, 1.54) is 18.2 Å². The van der Waals surface area contributed by atoms with Crippen molar-refractivity contribution < 1.29 is 23.8 Å². The van der Waals surface area contributed by atoms with Gasteiger partial charge in [0.25, 0.3) is 0 Å². The van der Waals surface area contributed by atoms with Crippen molar-refractivity contribution in [2.45, 2.75) is 37.8 Å². The zero-order chi connectivity index (χ0) is 19.7. The summed E-state index contributed by atoms with van der Waals surface area (Å²) in [5, 5.41) is 12.8. The van der Waals surface area contributed by atoms with Crippen LogP contribution in [-0.4, -0.2) is 71.8 Å². The molecule has 0 saturated carbocycles. The summed E-state index contributed by atoms with van der Waals surface area (Å²) < 4.78 is 19.5. The molecule has 8 heteroatoms. The lowest BCUT2D eigenvalue weighted by Gasteiger charge is -2.43. The Morgan fingerprint density at radius 2 is 1.96 bits per heavy atom. The Bertz CT molecular complexity index is 731. The molecule has 28 heavy (non-hydrogen) atoms. The van der Waals surface area contributed by atoms with Gasteiger partial charge in [0.2, 0.25) is 5.91 Å². The molecule has 0 spiro atoms. The first-order valence-corrected chi connectivity index (χ1v) is 9.92. The predicted molar refractivity (Wildman–Crippen MR) is 99.3 cm³/mol. The van der Waals surface area contributed by atoms with E-state index in [1.807, 2.05) is 4.90 Å². The lowest BCUT2D eigenvalue weighted by atomic mass is 9.89. The number of phenolic OH excluding ortho intramolecular Hbond substituents is 1. The van der Waals surface area contributed by atoms with Crippen molar-refractivity contribution in [2.24, 2.45) is 5.92 Å². The number of piperidine rings is 2. The summed E-state index contributed by atoms with van der Waals surface area (Å²) in [6.07, 6.45) is 2.75. The lowest BCUT2D eigenvalue weighted by Crippen LogP contribution is -2.62. The van der Waals surface area contributed by atoms with E-state index in [0.717, 1.165) is 19.3 Å². The smallest absolute Gasteiger partial charge is 0.320 e. The Morgan fingerprint density at radius 3 is 2.71 bits per heavy atom. The summed E-state index contributed by atoms with van der Waals surface area (Å²) in [5.74, 6) is -0.271. The van der Waals surface area contributed by atoms with Crippen LogP contribution < -0.4 is 5.32 Å². The average Bonchev–Trinajstić information content (AvgIpc) is 2.70. The number of carbonyl (C=O) groups excluding carboxylic acids is 2. The highest BCUT2D eigenvalue weighted by atomic mass is 19.1. The largest absolute Gasteiger partial charge is 0.508 e. The molecule has 0 bridgehead atoms. The Hall–Kier alpha value is -2.35. The maximum Gasteiger partial charge on any atom is 0.320 e. The molecule has 3 heterocycles. The van der Waals surface area contributed by atoms with Gasteiger partial charge in [-0.15, -0.1) is 0 Å². The van der Waals surface area contributed by atoms with Gasteiger partial charge in [0.1, 0.15) is 18.2 Å². The van der Waals surface area contributed by atoms with E-state index in [4.69, 9.17) is 4.74 Å². The van der Waals surface area contributed by atoms with Gasteiger partial charge < -0.3 is 25.0 Å². The van der Waals surface area contributed by atoms with Gasteiger partial charge in [0.05, 0.1) is 12.1 Å². The first-order valence-electron chi connectivity index (χ1n) is 9.92. The standard InChI is InChI=1S/C20H26FN3O4/c21-15-2-1-3-17(25)14(15)10-13-4-7-23(8-5-13)20(27)24-9-6-18-16(11-24)22-19(26)12-28-18/h1-3,13,16,18,25H,4-12H2,(H,22,26). The molecule has 0 aromatic heterocycles. The Balaban J connectivity index is 1.30. The van der Waals surface area contributed by atoms with E-state index in [2.05, 4.69) is 5.32 Å². The summed E-state index contributed by atoms with van der Waals surface area (Å²) in [6.45, 7) is 2.43. The van der Waals surface area contributed by atoms with Crippen molar-refractivity contribution in [3.8, 4) is 5.75 Å². The zero-order valence-corrected chi connectivity index (χ0v) is 15.8. The van der Waals surface area contributed by atoms with Crippen LogP contribution in [0.2, 0.25) is 0 Å². The SMILES string of the molecule is O=C1COC2CCN(C(=O)N3CCC(Cc4c(O)cccc4F)CC3)CC2N1. The molecule has 1 aromatic rings. The van der Waals surface area contributed by atoms with Crippen LogP contribution in [0.25, 0.3) is 0 Å². The van der Waals surface area contributed by atoms with Gasteiger partial charge in [-0.05, 0) is 43.7 Å². The highest BCUT2D eigenvalue weighted by Crippen LogP contribution is 2.29. The first kappa shape index (κ1) is 19.0. The second-order valence-corrected chi connectivity index (χ2v) is 7.91. The highest BCUT2D eigenvalue weighted by molar-refractivity contribution is 5.79. The summed E-state index contributed by atoms with van der Waals surface area (Å²) >= 11 is 0. The van der Waals surface area contributed by atoms with Crippen LogP contribution in [0.1, 0.15) is 24.8 Å². The minimum absolute atomic E-state index is 0.00174. The normalized spacial score (nSPS) is 26.0. The molecule has 2 unspecified atom stereocenters. The summed E-state index contributed by atoms with van der Waals surface area (Å²) in [7, 11) is 0. The fraction of sp³-hybridized carbons (Fsp3) is 0.600. The maximum atomic E-state index is 13.9. The molecule has 3 aliphatic heterocycles. The highest BCUT2D eigenvalue weighted by Gasteiger charge is 2.38. The molecule has 152 valence electrons. The minimum atomic E-state index is -0.377. The number of hydrogen-bond donors (Lipinski definition) is 2. The van der Waals surface area contributed by atoms with Gasteiger partial charge in [0.15, 0.2) is 0 Å². The van der Waals surface area contributed by atoms with Gasteiger partial charge in [-0.3, -0.25) is 4.79 Å². The number of urea groups is 1. The second kappa shape index (κ2) is 7.95. The van der Waals surface area contributed by atoms with E-state index in [-0.39, 0.29) is 48.2 Å². The molecule has 3 aliphatic rings. The van der Waals surface area contributed by atoms with E-state index in [1.54, 1.807) is 4.90 Å². The Kier molecular flexibility index (Phi) is 5.39. The molecule has 3 fully saturated rings. The third-order valence-corrected chi connectivity index (χ3v) is 6.07. The number of carbonyl (C=O) groups is 2. The number of halogens is 1. The lowest BCUT2D eigenvalue weighted by molar-refractivity contribution is -0.139. The van der Waals surface area contributed by atoms with Crippen LogP contribution in [0, 0.1) is 11.7 Å². The molecule has 1 aromatic carbocycles. The van der Waals surface area contributed by atoms with E-state index >= 15 is 0 Å². The number of benzene rings is 1. The van der Waals surface area contributed by atoms with E-state index < -0.39 is 0 Å². The number of morpholine rings is 1. The number of phenols is 1. The average molecular weight is 391 g/mol. The summed E-state index contributed by atoms with van der Waals surface area (Å²) in [4.78, 5) is 28.0. The van der Waals surface area contributed by atoms with Crippen molar-refractivity contribution in [1.82, 2.24) is 15.1 Å². The van der Waals surface area contributed by atoms with E-state index in [0.29, 0.717) is 38.2 Å². The third-order valence-electron chi connectivity index (χ3n) is 6.07. The van der Waals surface area contributed by atoms with Crippen molar-refractivity contribution in [1.29, 1.82) is 0 Å². The number of aromatic hydroxyl groups is 1. The number of nitrogens with zero attached hydrogens (tertiary/aromatic N) is 2. The Labute approximate surface area is 163 Å². The number of fused-ring (bicyclic) bond motifs is 1. The monoisotopic (exact) mass is 391 g/mol. The Morgan fingerprint density at radius 1 is 1.21 bits per heavy atom. The number of amides is 3. The predicted octanol–water partition coefficient (Wildman–Crippen LogP) is 1.50.